The van der Waals surface area contributed by atoms with Gasteiger partial charge >= 0.3 is 5.97 Å². The van der Waals surface area contributed by atoms with Gasteiger partial charge in [-0.2, -0.15) is 0 Å². The molecule has 1 aliphatic carbocycles. The number of ether oxygens (including phenoxy) is 1. The van der Waals surface area contributed by atoms with Gasteiger partial charge in [0.25, 0.3) is 17.7 Å². The van der Waals surface area contributed by atoms with E-state index in [0.29, 0.717) is 16.3 Å². The van der Waals surface area contributed by atoms with Crippen molar-refractivity contribution in [1.82, 2.24) is 4.90 Å². The Kier molecular flexibility index (Phi) is 6.04. The number of carbonyl (C=O) groups excluding carboxylic acids is 4. The first-order valence-electron chi connectivity index (χ1n) is 10.2. The van der Waals surface area contributed by atoms with Gasteiger partial charge in [0.2, 0.25) is 0 Å². The van der Waals surface area contributed by atoms with Crippen molar-refractivity contribution >= 4 is 41.0 Å². The van der Waals surface area contributed by atoms with Crippen molar-refractivity contribution in [2.75, 3.05) is 11.9 Å². The number of hydrogen-bond donors (Lipinski definition) is 1. The quantitative estimate of drug-likeness (QED) is 0.559. The largest absolute Gasteiger partial charge is 0.452 e. The predicted octanol–water partition coefficient (Wildman–Crippen LogP) is 4.06. The Balaban J connectivity index is 1.40. The standard InChI is InChI=1S/C23H21ClN2O5/c24-15-7-9-16(10-8-15)25-20(27)13-31-23(30)14-6-11-18-19(12-14)22(29)26(21(18)28)17-4-2-1-3-5-17/h6-12,17H,1-5,13H2,(H,25,27). The van der Waals surface area contributed by atoms with Gasteiger partial charge in [-0.15, -0.1) is 0 Å². The molecule has 0 unspecified atom stereocenters. The molecular weight excluding hydrogens is 420 g/mol. The molecule has 2 aromatic rings. The highest BCUT2D eigenvalue weighted by atomic mass is 35.5. The zero-order valence-corrected chi connectivity index (χ0v) is 17.5. The highest BCUT2D eigenvalue weighted by Gasteiger charge is 2.40. The number of hydrogen-bond acceptors (Lipinski definition) is 5. The fraction of sp³-hybridized carbons (Fsp3) is 0.304. The average Bonchev–Trinajstić information content (AvgIpc) is 3.04. The summed E-state index contributed by atoms with van der Waals surface area (Å²) in [4.78, 5) is 51.3. The molecule has 0 aromatic heterocycles. The molecular formula is C23H21ClN2O5. The molecule has 4 rings (SSSR count). The summed E-state index contributed by atoms with van der Waals surface area (Å²) in [7, 11) is 0. The summed E-state index contributed by atoms with van der Waals surface area (Å²) in [6.45, 7) is -0.486. The van der Waals surface area contributed by atoms with Crippen molar-refractivity contribution in [1.29, 1.82) is 0 Å². The molecule has 0 atom stereocenters. The van der Waals surface area contributed by atoms with Crippen LogP contribution in [0.5, 0.6) is 0 Å². The number of rotatable bonds is 5. The Morgan fingerprint density at radius 1 is 0.968 bits per heavy atom. The third-order valence-corrected chi connectivity index (χ3v) is 5.81. The molecule has 3 amide bonds. The maximum atomic E-state index is 12.9. The third-order valence-electron chi connectivity index (χ3n) is 5.56. The normalized spacial score (nSPS) is 16.2. The lowest BCUT2D eigenvalue weighted by atomic mass is 9.94. The number of carbonyl (C=O) groups is 4. The van der Waals surface area contributed by atoms with Crippen LogP contribution in [0.3, 0.4) is 0 Å². The molecule has 0 saturated heterocycles. The Bertz CT molecular complexity index is 1040. The van der Waals surface area contributed by atoms with Crippen molar-refractivity contribution in [3.8, 4) is 0 Å². The lowest BCUT2D eigenvalue weighted by Crippen LogP contribution is -2.40. The van der Waals surface area contributed by atoms with Gasteiger partial charge in [-0.25, -0.2) is 4.79 Å². The fourth-order valence-corrected chi connectivity index (χ4v) is 4.13. The molecule has 1 heterocycles. The van der Waals surface area contributed by atoms with E-state index >= 15 is 0 Å². The Morgan fingerprint density at radius 2 is 1.65 bits per heavy atom. The first-order valence-corrected chi connectivity index (χ1v) is 10.6. The number of nitrogens with zero attached hydrogens (tertiary/aromatic N) is 1. The van der Waals surface area contributed by atoms with Crippen molar-refractivity contribution in [3.05, 3.63) is 64.2 Å². The predicted molar refractivity (Wildman–Crippen MR) is 114 cm³/mol. The van der Waals surface area contributed by atoms with Gasteiger partial charge in [0.05, 0.1) is 16.7 Å². The number of benzene rings is 2. The van der Waals surface area contributed by atoms with Crippen LogP contribution < -0.4 is 5.32 Å². The second-order valence-electron chi connectivity index (χ2n) is 7.66. The number of esters is 1. The molecule has 2 aliphatic rings. The van der Waals surface area contributed by atoms with Crippen LogP contribution in [0, 0.1) is 0 Å². The summed E-state index contributed by atoms with van der Waals surface area (Å²) in [6, 6.07) is 10.7. The smallest absolute Gasteiger partial charge is 0.338 e. The van der Waals surface area contributed by atoms with E-state index in [1.807, 2.05) is 0 Å². The Labute approximate surface area is 184 Å². The lowest BCUT2D eigenvalue weighted by Gasteiger charge is -2.29. The number of anilines is 1. The highest BCUT2D eigenvalue weighted by molar-refractivity contribution is 6.30. The van der Waals surface area contributed by atoms with Crippen LogP contribution in [0.25, 0.3) is 0 Å². The monoisotopic (exact) mass is 440 g/mol. The molecule has 1 N–H and O–H groups in total. The summed E-state index contributed by atoms with van der Waals surface area (Å²) in [6.07, 6.45) is 4.72. The van der Waals surface area contributed by atoms with Crippen LogP contribution in [0.4, 0.5) is 5.69 Å². The SMILES string of the molecule is O=C(COC(=O)c1ccc2c(c1)C(=O)N(C1CCCCC1)C2=O)Nc1ccc(Cl)cc1. The minimum absolute atomic E-state index is 0.0897. The maximum absolute atomic E-state index is 12.9. The van der Waals surface area contributed by atoms with E-state index in [1.54, 1.807) is 24.3 Å². The molecule has 0 spiro atoms. The molecule has 2 aromatic carbocycles. The summed E-state index contributed by atoms with van der Waals surface area (Å²) < 4.78 is 5.06. The summed E-state index contributed by atoms with van der Waals surface area (Å²) in [5.41, 5.74) is 1.14. The first kappa shape index (κ1) is 21.1. The van der Waals surface area contributed by atoms with Gasteiger partial charge < -0.3 is 10.1 Å². The van der Waals surface area contributed by atoms with E-state index in [9.17, 15) is 19.2 Å². The maximum Gasteiger partial charge on any atom is 0.338 e. The molecule has 1 saturated carbocycles. The number of imide groups is 1. The van der Waals surface area contributed by atoms with E-state index in [1.165, 1.54) is 23.1 Å². The van der Waals surface area contributed by atoms with Crippen LogP contribution in [-0.4, -0.2) is 41.2 Å². The Hall–Kier alpha value is -3.19. The first-order chi connectivity index (χ1) is 14.9. The van der Waals surface area contributed by atoms with Crippen LogP contribution in [0.2, 0.25) is 5.02 Å². The average molecular weight is 441 g/mol. The van der Waals surface area contributed by atoms with Crippen LogP contribution in [-0.2, 0) is 9.53 Å². The number of amides is 3. The molecule has 1 fully saturated rings. The van der Waals surface area contributed by atoms with Gasteiger partial charge in [0.15, 0.2) is 6.61 Å². The summed E-state index contributed by atoms with van der Waals surface area (Å²) in [5.74, 6) is -1.94. The highest BCUT2D eigenvalue weighted by Crippen LogP contribution is 2.31. The van der Waals surface area contributed by atoms with Gasteiger partial charge in [-0.1, -0.05) is 30.9 Å². The van der Waals surface area contributed by atoms with Crippen molar-refractivity contribution in [2.45, 2.75) is 38.1 Å². The van der Waals surface area contributed by atoms with E-state index < -0.39 is 18.5 Å². The van der Waals surface area contributed by atoms with Gasteiger partial charge in [-0.3, -0.25) is 19.3 Å². The fourth-order valence-electron chi connectivity index (χ4n) is 4.00. The molecule has 0 radical (unpaired) electrons. The van der Waals surface area contributed by atoms with Gasteiger partial charge in [-0.05, 0) is 55.3 Å². The van der Waals surface area contributed by atoms with Crippen molar-refractivity contribution in [2.24, 2.45) is 0 Å². The zero-order valence-electron chi connectivity index (χ0n) is 16.7. The molecule has 1 aliphatic heterocycles. The van der Waals surface area contributed by atoms with Crippen molar-refractivity contribution < 1.29 is 23.9 Å². The van der Waals surface area contributed by atoms with Gasteiger partial charge in [0, 0.05) is 16.8 Å². The summed E-state index contributed by atoms with van der Waals surface area (Å²) >= 11 is 5.80. The molecule has 160 valence electrons. The van der Waals surface area contributed by atoms with E-state index in [2.05, 4.69) is 5.32 Å². The second kappa shape index (κ2) is 8.89. The second-order valence-corrected chi connectivity index (χ2v) is 8.10. The minimum Gasteiger partial charge on any atom is -0.452 e. The zero-order chi connectivity index (χ0) is 22.0. The van der Waals surface area contributed by atoms with Crippen LogP contribution in [0.1, 0.15) is 63.2 Å². The van der Waals surface area contributed by atoms with E-state index in [4.69, 9.17) is 16.3 Å². The number of halogens is 1. The van der Waals surface area contributed by atoms with Crippen LogP contribution in [0.15, 0.2) is 42.5 Å². The van der Waals surface area contributed by atoms with E-state index in [-0.39, 0.29) is 29.0 Å². The van der Waals surface area contributed by atoms with Crippen molar-refractivity contribution in [3.63, 3.8) is 0 Å². The molecule has 0 bridgehead atoms. The topological polar surface area (TPSA) is 92.8 Å². The van der Waals surface area contributed by atoms with E-state index in [0.717, 1.165) is 32.1 Å². The summed E-state index contributed by atoms with van der Waals surface area (Å²) in [5, 5.41) is 3.13. The van der Waals surface area contributed by atoms with Crippen LogP contribution >= 0.6 is 11.6 Å². The minimum atomic E-state index is -0.745. The molecule has 8 heteroatoms. The number of nitrogens with one attached hydrogen (secondary N) is 1. The number of fused-ring (bicyclic) bond motifs is 1. The third kappa shape index (κ3) is 4.46. The Morgan fingerprint density at radius 3 is 2.35 bits per heavy atom. The lowest BCUT2D eigenvalue weighted by molar-refractivity contribution is -0.119. The van der Waals surface area contributed by atoms with Gasteiger partial charge in [0.1, 0.15) is 0 Å². The molecule has 31 heavy (non-hydrogen) atoms. The molecule has 7 nitrogen and oxygen atoms in total.